The van der Waals surface area contributed by atoms with Crippen molar-refractivity contribution in [3.8, 4) is 0 Å². The zero-order chi connectivity index (χ0) is 47.9. The second kappa shape index (κ2) is 55.0. The lowest BCUT2D eigenvalue weighted by Crippen LogP contribution is -2.30. The predicted octanol–water partition coefficient (Wildman–Crippen LogP) is 19.0. The van der Waals surface area contributed by atoms with E-state index in [0.29, 0.717) is 19.3 Å². The van der Waals surface area contributed by atoms with E-state index >= 15 is 0 Å². The Kier molecular flexibility index (Phi) is 52.8. The summed E-state index contributed by atoms with van der Waals surface area (Å²) in [5, 5.41) is 0. The number of carbonyl (C=O) groups is 3. The molecule has 1 unspecified atom stereocenters. The average Bonchev–Trinajstić information content (AvgIpc) is 3.31. The Balaban J connectivity index is 4.40. The van der Waals surface area contributed by atoms with E-state index in [2.05, 4.69) is 69.4 Å². The first-order chi connectivity index (χ1) is 32.5. The second-order valence-electron chi connectivity index (χ2n) is 19.2. The zero-order valence-corrected chi connectivity index (χ0v) is 44.0. The molecule has 0 aromatic rings. The minimum Gasteiger partial charge on any atom is -0.462 e. The van der Waals surface area contributed by atoms with Crippen molar-refractivity contribution >= 4 is 17.9 Å². The minimum atomic E-state index is -0.784. The van der Waals surface area contributed by atoms with Crippen molar-refractivity contribution in [1.82, 2.24) is 0 Å². The summed E-state index contributed by atoms with van der Waals surface area (Å²) >= 11 is 0. The molecule has 0 aliphatic carbocycles. The highest BCUT2D eigenvalue weighted by Gasteiger charge is 2.19. The van der Waals surface area contributed by atoms with E-state index in [9.17, 15) is 14.4 Å². The minimum absolute atomic E-state index is 0.0819. The summed E-state index contributed by atoms with van der Waals surface area (Å²) in [7, 11) is 0. The Morgan fingerprint density at radius 3 is 0.879 bits per heavy atom. The zero-order valence-electron chi connectivity index (χ0n) is 44.0. The van der Waals surface area contributed by atoms with Crippen LogP contribution in [0.25, 0.3) is 0 Å². The van der Waals surface area contributed by atoms with Gasteiger partial charge in [-0.05, 0) is 103 Å². The Labute approximate surface area is 409 Å². The number of ether oxygens (including phenoxy) is 3. The summed E-state index contributed by atoms with van der Waals surface area (Å²) in [5.41, 5.74) is 0. The average molecular weight is 926 g/mol. The first-order valence-electron chi connectivity index (χ1n) is 28.6. The van der Waals surface area contributed by atoms with E-state index in [1.165, 1.54) is 167 Å². The van der Waals surface area contributed by atoms with E-state index in [1.807, 2.05) is 0 Å². The summed E-state index contributed by atoms with van der Waals surface area (Å²) in [6.07, 6.45) is 66.6. The van der Waals surface area contributed by atoms with Gasteiger partial charge < -0.3 is 14.2 Å². The summed E-state index contributed by atoms with van der Waals surface area (Å²) in [6.45, 7) is 6.61. The summed E-state index contributed by atoms with van der Waals surface area (Å²) in [6, 6.07) is 0. The van der Waals surface area contributed by atoms with Crippen LogP contribution >= 0.6 is 0 Å². The van der Waals surface area contributed by atoms with Crippen LogP contribution in [0.2, 0.25) is 0 Å². The number of rotatable bonds is 52. The van der Waals surface area contributed by atoms with Gasteiger partial charge in [0.05, 0.1) is 0 Å². The molecule has 6 heteroatoms. The first kappa shape index (κ1) is 63.4. The molecule has 0 radical (unpaired) electrons. The third-order valence-corrected chi connectivity index (χ3v) is 12.5. The number of allylic oxidation sites excluding steroid dienone is 8. The SMILES string of the molecule is CCCCC/C=C\C/C=C\CCCCCCCC(=O)OCC(COC(=O)CCCCCCCCC/C=C\CCCCCCCC)OC(=O)CCCCCCC/C=C\CCCCCCCCC. The van der Waals surface area contributed by atoms with E-state index in [0.717, 1.165) is 89.9 Å². The van der Waals surface area contributed by atoms with Crippen molar-refractivity contribution in [1.29, 1.82) is 0 Å². The number of esters is 3. The van der Waals surface area contributed by atoms with Crippen LogP contribution in [0.15, 0.2) is 48.6 Å². The van der Waals surface area contributed by atoms with Gasteiger partial charge in [-0.1, -0.05) is 223 Å². The van der Waals surface area contributed by atoms with Gasteiger partial charge in [0.2, 0.25) is 0 Å². The molecule has 0 N–H and O–H groups in total. The van der Waals surface area contributed by atoms with Gasteiger partial charge in [-0.25, -0.2) is 0 Å². The second-order valence-corrected chi connectivity index (χ2v) is 19.2. The van der Waals surface area contributed by atoms with Crippen LogP contribution in [0, 0.1) is 0 Å². The van der Waals surface area contributed by atoms with Crippen molar-refractivity contribution in [2.45, 2.75) is 303 Å². The smallest absolute Gasteiger partial charge is 0.306 e. The van der Waals surface area contributed by atoms with Gasteiger partial charge in [-0.2, -0.15) is 0 Å². The monoisotopic (exact) mass is 925 g/mol. The molecule has 0 aromatic carbocycles. The van der Waals surface area contributed by atoms with Crippen LogP contribution in [-0.2, 0) is 28.6 Å². The maximum absolute atomic E-state index is 12.8. The maximum Gasteiger partial charge on any atom is 0.306 e. The van der Waals surface area contributed by atoms with Gasteiger partial charge >= 0.3 is 17.9 Å². The lowest BCUT2D eigenvalue weighted by Gasteiger charge is -2.18. The highest BCUT2D eigenvalue weighted by atomic mass is 16.6. The third kappa shape index (κ3) is 52.3. The largest absolute Gasteiger partial charge is 0.462 e. The number of unbranched alkanes of at least 4 members (excludes halogenated alkanes) is 33. The topological polar surface area (TPSA) is 78.9 Å². The molecule has 0 bridgehead atoms. The van der Waals surface area contributed by atoms with Crippen LogP contribution in [0.3, 0.4) is 0 Å². The van der Waals surface area contributed by atoms with E-state index < -0.39 is 6.10 Å². The molecule has 0 amide bonds. The molecule has 0 aromatic heterocycles. The van der Waals surface area contributed by atoms with Gasteiger partial charge in [0.1, 0.15) is 13.2 Å². The predicted molar refractivity (Wildman–Crippen MR) is 284 cm³/mol. The quantitative estimate of drug-likeness (QED) is 0.0262. The van der Waals surface area contributed by atoms with Crippen LogP contribution in [0.4, 0.5) is 0 Å². The van der Waals surface area contributed by atoms with Crippen LogP contribution in [0.1, 0.15) is 297 Å². The highest BCUT2D eigenvalue weighted by molar-refractivity contribution is 5.71. The van der Waals surface area contributed by atoms with Gasteiger partial charge in [-0.15, -0.1) is 0 Å². The fourth-order valence-electron chi connectivity index (χ4n) is 8.17. The molecule has 0 fully saturated rings. The molecule has 0 heterocycles. The maximum atomic E-state index is 12.8. The standard InChI is InChI=1S/C60H108O6/c1-4-7-10-13-16-19-22-25-28-30-33-35-38-41-44-47-50-53-59(62)65-56-57(55-64-58(61)52-49-46-43-40-37-34-31-27-24-21-18-15-12-9-6-3)66-60(63)54-51-48-45-42-39-36-32-29-26-23-20-17-14-11-8-5-2/h18,21,25,27-29,31-32,57H,4-17,19-20,22-24,26,30,33-56H2,1-3H3/b21-18-,28-25-,31-27-,32-29-. The molecule has 0 aliphatic rings. The Morgan fingerprint density at radius 2 is 0.545 bits per heavy atom. The molecule has 0 saturated heterocycles. The Hall–Kier alpha value is -2.63. The van der Waals surface area contributed by atoms with Crippen molar-refractivity contribution < 1.29 is 28.6 Å². The summed E-state index contributed by atoms with van der Waals surface area (Å²) in [4.78, 5) is 38.1. The normalized spacial score (nSPS) is 12.3. The van der Waals surface area contributed by atoms with Crippen LogP contribution < -0.4 is 0 Å². The lowest BCUT2D eigenvalue weighted by atomic mass is 10.1. The fourth-order valence-corrected chi connectivity index (χ4v) is 8.17. The van der Waals surface area contributed by atoms with Crippen molar-refractivity contribution in [2.75, 3.05) is 13.2 Å². The van der Waals surface area contributed by atoms with Gasteiger partial charge in [-0.3, -0.25) is 14.4 Å². The van der Waals surface area contributed by atoms with Gasteiger partial charge in [0.25, 0.3) is 0 Å². The molecule has 66 heavy (non-hydrogen) atoms. The summed E-state index contributed by atoms with van der Waals surface area (Å²) < 4.78 is 16.9. The van der Waals surface area contributed by atoms with Crippen LogP contribution in [-0.4, -0.2) is 37.2 Å². The molecular formula is C60H108O6. The molecular weight excluding hydrogens is 817 g/mol. The molecule has 0 spiro atoms. The van der Waals surface area contributed by atoms with Crippen molar-refractivity contribution in [2.24, 2.45) is 0 Å². The van der Waals surface area contributed by atoms with Gasteiger partial charge in [0, 0.05) is 19.3 Å². The molecule has 0 aliphatic heterocycles. The van der Waals surface area contributed by atoms with E-state index in [4.69, 9.17) is 14.2 Å². The number of hydrogen-bond acceptors (Lipinski definition) is 6. The first-order valence-corrected chi connectivity index (χ1v) is 28.6. The summed E-state index contributed by atoms with van der Waals surface area (Å²) in [5.74, 6) is -0.896. The fraction of sp³-hybridized carbons (Fsp3) is 0.817. The Morgan fingerprint density at radius 1 is 0.303 bits per heavy atom. The third-order valence-electron chi connectivity index (χ3n) is 12.5. The molecule has 384 valence electrons. The lowest BCUT2D eigenvalue weighted by molar-refractivity contribution is -0.167. The van der Waals surface area contributed by atoms with Crippen molar-refractivity contribution in [3.63, 3.8) is 0 Å². The highest BCUT2D eigenvalue weighted by Crippen LogP contribution is 2.15. The van der Waals surface area contributed by atoms with Gasteiger partial charge in [0.15, 0.2) is 6.10 Å². The van der Waals surface area contributed by atoms with Crippen molar-refractivity contribution in [3.05, 3.63) is 48.6 Å². The number of hydrogen-bond donors (Lipinski definition) is 0. The molecule has 0 saturated carbocycles. The Bertz CT molecular complexity index is 1150. The number of carbonyl (C=O) groups excluding carboxylic acids is 3. The van der Waals surface area contributed by atoms with E-state index in [-0.39, 0.29) is 31.1 Å². The van der Waals surface area contributed by atoms with Crippen LogP contribution in [0.5, 0.6) is 0 Å². The molecule has 1 atom stereocenters. The molecule has 0 rings (SSSR count). The molecule has 6 nitrogen and oxygen atoms in total. The van der Waals surface area contributed by atoms with E-state index in [1.54, 1.807) is 0 Å².